The molecule has 3 aromatic rings. The quantitative estimate of drug-likeness (QED) is 0.334. The molecule has 0 unspecified atom stereocenters. The first-order chi connectivity index (χ1) is 11.2. The molecule has 0 spiro atoms. The van der Waals surface area contributed by atoms with Crippen molar-refractivity contribution < 1.29 is 4.79 Å². The molecule has 0 aliphatic carbocycles. The average molecular weight is 325 g/mol. The van der Waals surface area contributed by atoms with Crippen LogP contribution in [0.3, 0.4) is 0 Å². The highest BCUT2D eigenvalue weighted by Gasteiger charge is 2.09. The molecule has 0 atom stereocenters. The van der Waals surface area contributed by atoms with Gasteiger partial charge in [-0.1, -0.05) is 35.9 Å². The third-order valence-corrected chi connectivity index (χ3v) is 3.58. The smallest absolute Gasteiger partial charge is 0.144 e. The number of aromatic amines is 1. The normalized spacial score (nSPS) is 12.1. The van der Waals surface area contributed by atoms with Crippen molar-refractivity contribution in [1.82, 2.24) is 9.97 Å². The van der Waals surface area contributed by atoms with Crippen LogP contribution >= 0.6 is 11.6 Å². The van der Waals surface area contributed by atoms with Gasteiger partial charge in [0.15, 0.2) is 0 Å². The first kappa shape index (κ1) is 15.0. The van der Waals surface area contributed by atoms with Gasteiger partial charge in [0, 0.05) is 17.3 Å². The Morgan fingerprint density at radius 1 is 1.26 bits per heavy atom. The number of nitrogens with one attached hydrogen (secondary N) is 1. The van der Waals surface area contributed by atoms with Gasteiger partial charge in [0.05, 0.1) is 10.5 Å². The molecule has 3 rings (SSSR count). The Balaban J connectivity index is 2.01. The summed E-state index contributed by atoms with van der Waals surface area (Å²) in [6.07, 6.45) is 3.28. The lowest BCUT2D eigenvalue weighted by Gasteiger charge is -2.02. The summed E-state index contributed by atoms with van der Waals surface area (Å²) in [5, 5.41) is 0.598. The monoisotopic (exact) mass is 324 g/mol. The number of aldehydes is 1. The number of H-pyrrole nitrogens is 1. The van der Waals surface area contributed by atoms with Crippen molar-refractivity contribution in [3.63, 3.8) is 0 Å². The lowest BCUT2D eigenvalue weighted by molar-refractivity contribution is -0.104. The van der Waals surface area contributed by atoms with Crippen molar-refractivity contribution in [1.29, 1.82) is 0 Å². The number of aromatic nitrogens is 2. The van der Waals surface area contributed by atoms with Gasteiger partial charge in [0.1, 0.15) is 23.5 Å². The third-order valence-electron chi connectivity index (χ3n) is 3.27. The first-order valence-corrected chi connectivity index (χ1v) is 7.25. The van der Waals surface area contributed by atoms with Crippen LogP contribution in [0.4, 0.5) is 0 Å². The van der Waals surface area contributed by atoms with Crippen molar-refractivity contribution >= 4 is 34.8 Å². The van der Waals surface area contributed by atoms with Crippen LogP contribution in [0.15, 0.2) is 59.7 Å². The van der Waals surface area contributed by atoms with Crippen molar-refractivity contribution in [2.24, 2.45) is 10.7 Å². The molecule has 114 valence electrons. The molecule has 1 heterocycles. The van der Waals surface area contributed by atoms with E-state index in [9.17, 15) is 4.79 Å². The number of hydrogen-bond acceptors (Lipinski definition) is 3. The molecule has 23 heavy (non-hydrogen) atoms. The van der Waals surface area contributed by atoms with Gasteiger partial charge in [-0.15, -0.1) is 0 Å². The van der Waals surface area contributed by atoms with E-state index < -0.39 is 0 Å². The number of para-hydroxylation sites is 1. The lowest BCUT2D eigenvalue weighted by Crippen LogP contribution is -2.12. The molecule has 0 bridgehead atoms. The summed E-state index contributed by atoms with van der Waals surface area (Å²) in [4.78, 5) is 22.0. The van der Waals surface area contributed by atoms with E-state index in [1.165, 1.54) is 12.3 Å². The molecule has 0 saturated carbocycles. The second-order valence-corrected chi connectivity index (χ2v) is 5.20. The highest BCUT2D eigenvalue weighted by atomic mass is 35.5. The Morgan fingerprint density at radius 2 is 2.09 bits per heavy atom. The van der Waals surface area contributed by atoms with E-state index in [2.05, 4.69) is 15.0 Å². The number of amidine groups is 1. The van der Waals surface area contributed by atoms with Crippen LogP contribution < -0.4 is 5.73 Å². The predicted octanol–water partition coefficient (Wildman–Crippen LogP) is 3.30. The number of nitrogens with two attached hydrogens (primary N) is 1. The number of allylic oxidation sites excluding steroid dienone is 1. The van der Waals surface area contributed by atoms with Gasteiger partial charge >= 0.3 is 0 Å². The summed E-state index contributed by atoms with van der Waals surface area (Å²) in [5.74, 6) is 1.02. The predicted molar refractivity (Wildman–Crippen MR) is 92.5 cm³/mol. The molecule has 3 N–H and O–H groups in total. The van der Waals surface area contributed by atoms with Crippen LogP contribution in [0.1, 0.15) is 5.56 Å². The number of carbonyl (C=O) groups is 1. The molecule has 1 aromatic heterocycles. The molecular weight excluding hydrogens is 312 g/mol. The molecule has 0 radical (unpaired) electrons. The Hall–Kier alpha value is -2.92. The number of rotatable bonds is 4. The van der Waals surface area contributed by atoms with Crippen molar-refractivity contribution in [3.8, 4) is 11.4 Å². The van der Waals surface area contributed by atoms with Gasteiger partial charge in [-0.25, -0.2) is 9.98 Å². The molecule has 2 aromatic carbocycles. The first-order valence-electron chi connectivity index (χ1n) is 6.87. The van der Waals surface area contributed by atoms with Crippen LogP contribution in [0.2, 0.25) is 5.02 Å². The average Bonchev–Trinajstić information content (AvgIpc) is 3.01. The van der Waals surface area contributed by atoms with Crippen molar-refractivity contribution in [2.75, 3.05) is 0 Å². The Labute approximate surface area is 137 Å². The van der Waals surface area contributed by atoms with Crippen LogP contribution in [0.5, 0.6) is 0 Å². The number of halogens is 1. The standard InChI is InChI=1S/C17H13ClN4O/c18-13-6-2-7-14-15(13)22-17(21-14)12-5-1-4-11(10-12)16(19)20-8-3-9-23/h1-10H,(H2,19,20)(H,21,22)/b8-3+. The van der Waals surface area contributed by atoms with E-state index in [-0.39, 0.29) is 0 Å². The third kappa shape index (κ3) is 3.14. The highest BCUT2D eigenvalue weighted by molar-refractivity contribution is 6.35. The van der Waals surface area contributed by atoms with E-state index in [0.717, 1.165) is 22.2 Å². The topological polar surface area (TPSA) is 84.1 Å². The van der Waals surface area contributed by atoms with Gasteiger partial charge in [0.2, 0.25) is 0 Å². The highest BCUT2D eigenvalue weighted by Crippen LogP contribution is 2.25. The minimum Gasteiger partial charge on any atom is -0.383 e. The number of aliphatic imine (C=N–C) groups is 1. The fourth-order valence-corrected chi connectivity index (χ4v) is 2.41. The summed E-state index contributed by atoms with van der Waals surface area (Å²) in [6.45, 7) is 0. The van der Waals surface area contributed by atoms with E-state index in [1.807, 2.05) is 36.4 Å². The van der Waals surface area contributed by atoms with Crippen molar-refractivity contribution in [3.05, 3.63) is 65.3 Å². The Morgan fingerprint density at radius 3 is 2.87 bits per heavy atom. The van der Waals surface area contributed by atoms with Gasteiger partial charge in [-0.05, 0) is 24.3 Å². The maximum absolute atomic E-state index is 10.3. The fourth-order valence-electron chi connectivity index (χ4n) is 2.19. The number of hydrogen-bond donors (Lipinski definition) is 2. The van der Waals surface area contributed by atoms with Gasteiger partial charge in [-0.2, -0.15) is 0 Å². The van der Waals surface area contributed by atoms with Crippen LogP contribution in [-0.4, -0.2) is 22.1 Å². The van der Waals surface area contributed by atoms with Gasteiger partial charge < -0.3 is 10.7 Å². The van der Waals surface area contributed by atoms with Gasteiger partial charge in [0.25, 0.3) is 0 Å². The minimum absolute atomic E-state index is 0.319. The molecular formula is C17H13ClN4O. The number of imidazole rings is 1. The Kier molecular flexibility index (Phi) is 4.21. The number of nitrogens with zero attached hydrogens (tertiary/aromatic N) is 2. The molecule has 0 aliphatic heterocycles. The number of carbonyl (C=O) groups excluding carboxylic acids is 1. The molecule has 0 fully saturated rings. The molecule has 5 nitrogen and oxygen atoms in total. The summed E-state index contributed by atoms with van der Waals surface area (Å²) < 4.78 is 0. The summed E-state index contributed by atoms with van der Waals surface area (Å²) in [6, 6.07) is 13.1. The minimum atomic E-state index is 0.319. The zero-order chi connectivity index (χ0) is 16.2. The van der Waals surface area contributed by atoms with E-state index in [0.29, 0.717) is 23.0 Å². The zero-order valence-corrected chi connectivity index (χ0v) is 12.8. The van der Waals surface area contributed by atoms with E-state index >= 15 is 0 Å². The zero-order valence-electron chi connectivity index (χ0n) is 12.0. The van der Waals surface area contributed by atoms with Crippen LogP contribution in [-0.2, 0) is 4.79 Å². The largest absolute Gasteiger partial charge is 0.383 e. The molecule has 0 saturated heterocycles. The molecule has 6 heteroatoms. The second kappa shape index (κ2) is 6.46. The SMILES string of the molecule is NC(=N/C=C/C=O)c1cccc(-c2nc3c(Cl)cccc3[nH]2)c1. The molecule has 0 aliphatic rings. The van der Waals surface area contributed by atoms with Crippen LogP contribution in [0, 0.1) is 0 Å². The second-order valence-electron chi connectivity index (χ2n) is 4.79. The molecule has 0 amide bonds. The van der Waals surface area contributed by atoms with Crippen molar-refractivity contribution in [2.45, 2.75) is 0 Å². The van der Waals surface area contributed by atoms with E-state index in [4.69, 9.17) is 17.3 Å². The maximum Gasteiger partial charge on any atom is 0.144 e. The lowest BCUT2D eigenvalue weighted by atomic mass is 10.1. The summed E-state index contributed by atoms with van der Waals surface area (Å²) in [7, 11) is 0. The fraction of sp³-hybridized carbons (Fsp3) is 0. The van der Waals surface area contributed by atoms with E-state index in [1.54, 1.807) is 6.07 Å². The van der Waals surface area contributed by atoms with Gasteiger partial charge in [-0.3, -0.25) is 4.79 Å². The maximum atomic E-state index is 10.3. The van der Waals surface area contributed by atoms with Crippen LogP contribution in [0.25, 0.3) is 22.4 Å². The summed E-state index contributed by atoms with van der Waals surface area (Å²) in [5.41, 5.74) is 9.12. The summed E-state index contributed by atoms with van der Waals surface area (Å²) >= 11 is 6.15. The number of fused-ring (bicyclic) bond motifs is 1. The number of benzene rings is 2. The Bertz CT molecular complexity index is 927.